The Bertz CT molecular complexity index is 644. The Kier molecular flexibility index (Phi) is 6.90. The predicted octanol–water partition coefficient (Wildman–Crippen LogP) is 2.51. The van der Waals surface area contributed by atoms with Gasteiger partial charge in [0.2, 0.25) is 0 Å². The molecule has 5 nitrogen and oxygen atoms in total. The SMILES string of the molecule is CC(C)COCC(O)CNC(=O)c1cncc(-c2ccccc2)c1. The first-order valence-corrected chi connectivity index (χ1v) is 8.10. The van der Waals surface area contributed by atoms with Gasteiger partial charge in [0, 0.05) is 31.1 Å². The summed E-state index contributed by atoms with van der Waals surface area (Å²) >= 11 is 0. The summed E-state index contributed by atoms with van der Waals surface area (Å²) in [4.78, 5) is 16.3. The third kappa shape index (κ3) is 5.76. The molecule has 1 aromatic heterocycles. The van der Waals surface area contributed by atoms with Gasteiger partial charge in [-0.3, -0.25) is 9.78 Å². The lowest BCUT2D eigenvalue weighted by Crippen LogP contribution is -2.34. The van der Waals surface area contributed by atoms with Gasteiger partial charge >= 0.3 is 0 Å². The molecule has 0 aliphatic rings. The second-order valence-electron chi connectivity index (χ2n) is 6.12. The maximum absolute atomic E-state index is 12.2. The first kappa shape index (κ1) is 18.1. The van der Waals surface area contributed by atoms with E-state index in [1.807, 2.05) is 44.2 Å². The minimum atomic E-state index is -0.724. The average Bonchev–Trinajstić information content (AvgIpc) is 2.60. The first-order chi connectivity index (χ1) is 11.6. The third-order valence-corrected chi connectivity index (χ3v) is 3.37. The van der Waals surface area contributed by atoms with Crippen LogP contribution in [0.15, 0.2) is 48.8 Å². The second-order valence-corrected chi connectivity index (χ2v) is 6.12. The van der Waals surface area contributed by atoms with Gasteiger partial charge in [-0.25, -0.2) is 0 Å². The Labute approximate surface area is 142 Å². The van der Waals surface area contributed by atoms with Crippen molar-refractivity contribution in [1.82, 2.24) is 10.3 Å². The maximum atomic E-state index is 12.2. The maximum Gasteiger partial charge on any atom is 0.252 e. The van der Waals surface area contributed by atoms with E-state index in [-0.39, 0.29) is 19.1 Å². The largest absolute Gasteiger partial charge is 0.389 e. The van der Waals surface area contributed by atoms with Crippen molar-refractivity contribution in [2.75, 3.05) is 19.8 Å². The van der Waals surface area contributed by atoms with Gasteiger partial charge in [0.25, 0.3) is 5.91 Å². The zero-order valence-electron chi connectivity index (χ0n) is 14.1. The fourth-order valence-corrected chi connectivity index (χ4v) is 2.16. The van der Waals surface area contributed by atoms with E-state index in [2.05, 4.69) is 10.3 Å². The highest BCUT2D eigenvalue weighted by Gasteiger charge is 2.11. The van der Waals surface area contributed by atoms with E-state index in [0.717, 1.165) is 11.1 Å². The van der Waals surface area contributed by atoms with E-state index in [4.69, 9.17) is 4.74 Å². The quantitative estimate of drug-likeness (QED) is 0.781. The molecule has 0 saturated carbocycles. The highest BCUT2D eigenvalue weighted by atomic mass is 16.5. The number of amides is 1. The molecule has 1 unspecified atom stereocenters. The molecule has 0 radical (unpaired) electrons. The molecule has 1 amide bonds. The minimum Gasteiger partial charge on any atom is -0.389 e. The molecule has 24 heavy (non-hydrogen) atoms. The second kappa shape index (κ2) is 9.15. The zero-order valence-corrected chi connectivity index (χ0v) is 14.1. The van der Waals surface area contributed by atoms with Crippen LogP contribution in [0.25, 0.3) is 11.1 Å². The van der Waals surface area contributed by atoms with Gasteiger partial charge in [0.15, 0.2) is 0 Å². The van der Waals surface area contributed by atoms with Crippen LogP contribution in [0.5, 0.6) is 0 Å². The monoisotopic (exact) mass is 328 g/mol. The third-order valence-electron chi connectivity index (χ3n) is 3.37. The number of rotatable bonds is 8. The Morgan fingerprint density at radius 2 is 1.92 bits per heavy atom. The lowest BCUT2D eigenvalue weighted by Gasteiger charge is -2.13. The highest BCUT2D eigenvalue weighted by molar-refractivity contribution is 5.95. The van der Waals surface area contributed by atoms with Crippen molar-refractivity contribution in [3.63, 3.8) is 0 Å². The van der Waals surface area contributed by atoms with Crippen molar-refractivity contribution in [2.45, 2.75) is 20.0 Å². The Hall–Kier alpha value is -2.24. The van der Waals surface area contributed by atoms with Gasteiger partial charge in [-0.05, 0) is 17.5 Å². The number of hydrogen-bond donors (Lipinski definition) is 2. The number of carbonyl (C=O) groups excluding carboxylic acids is 1. The summed E-state index contributed by atoms with van der Waals surface area (Å²) < 4.78 is 5.36. The van der Waals surface area contributed by atoms with Crippen LogP contribution in [0.3, 0.4) is 0 Å². The number of aliphatic hydroxyl groups is 1. The van der Waals surface area contributed by atoms with Crippen LogP contribution in [-0.4, -0.2) is 41.9 Å². The number of pyridine rings is 1. The summed E-state index contributed by atoms with van der Waals surface area (Å²) in [5, 5.41) is 12.5. The number of nitrogens with one attached hydrogen (secondary N) is 1. The predicted molar refractivity (Wildman–Crippen MR) is 93.7 cm³/mol. The van der Waals surface area contributed by atoms with Crippen LogP contribution >= 0.6 is 0 Å². The summed E-state index contributed by atoms with van der Waals surface area (Å²) in [5.41, 5.74) is 2.34. The summed E-state index contributed by atoms with van der Waals surface area (Å²) in [5.74, 6) is 0.154. The zero-order chi connectivity index (χ0) is 17.4. The van der Waals surface area contributed by atoms with E-state index >= 15 is 0 Å². The molecule has 0 bridgehead atoms. The van der Waals surface area contributed by atoms with Crippen LogP contribution in [-0.2, 0) is 4.74 Å². The van der Waals surface area contributed by atoms with Crippen LogP contribution in [0.1, 0.15) is 24.2 Å². The Morgan fingerprint density at radius 3 is 2.62 bits per heavy atom. The fraction of sp³-hybridized carbons (Fsp3) is 0.368. The number of aromatic nitrogens is 1. The van der Waals surface area contributed by atoms with Gasteiger partial charge in [0.1, 0.15) is 0 Å². The molecule has 5 heteroatoms. The molecule has 2 rings (SSSR count). The highest BCUT2D eigenvalue weighted by Crippen LogP contribution is 2.18. The lowest BCUT2D eigenvalue weighted by atomic mass is 10.1. The number of aliphatic hydroxyl groups excluding tert-OH is 1. The van der Waals surface area contributed by atoms with Crippen molar-refractivity contribution in [2.24, 2.45) is 5.92 Å². The van der Waals surface area contributed by atoms with Crippen molar-refractivity contribution in [1.29, 1.82) is 0 Å². The number of benzene rings is 1. The van der Waals surface area contributed by atoms with E-state index in [1.54, 1.807) is 12.3 Å². The molecule has 1 heterocycles. The average molecular weight is 328 g/mol. The first-order valence-electron chi connectivity index (χ1n) is 8.10. The molecule has 0 aliphatic carbocycles. The molecule has 2 aromatic rings. The van der Waals surface area contributed by atoms with Crippen LogP contribution in [0.4, 0.5) is 0 Å². The molecule has 2 N–H and O–H groups in total. The number of hydrogen-bond acceptors (Lipinski definition) is 4. The number of carbonyl (C=O) groups is 1. The fourth-order valence-electron chi connectivity index (χ4n) is 2.16. The van der Waals surface area contributed by atoms with E-state index in [0.29, 0.717) is 18.1 Å². The topological polar surface area (TPSA) is 71.5 Å². The molecule has 128 valence electrons. The van der Waals surface area contributed by atoms with Gasteiger partial charge in [-0.15, -0.1) is 0 Å². The summed E-state index contributed by atoms with van der Waals surface area (Å²) in [6, 6.07) is 11.5. The molecule has 0 saturated heterocycles. The smallest absolute Gasteiger partial charge is 0.252 e. The van der Waals surface area contributed by atoms with Gasteiger partial charge in [-0.2, -0.15) is 0 Å². The molecular formula is C19H24N2O3. The van der Waals surface area contributed by atoms with E-state index in [9.17, 15) is 9.90 Å². The number of nitrogens with zero attached hydrogens (tertiary/aromatic N) is 1. The summed E-state index contributed by atoms with van der Waals surface area (Å²) in [6.07, 6.45) is 2.52. The van der Waals surface area contributed by atoms with Crippen LogP contribution < -0.4 is 5.32 Å². The Morgan fingerprint density at radius 1 is 1.17 bits per heavy atom. The van der Waals surface area contributed by atoms with Gasteiger partial charge in [0.05, 0.1) is 18.3 Å². The van der Waals surface area contributed by atoms with E-state index < -0.39 is 6.10 Å². The molecular weight excluding hydrogens is 304 g/mol. The normalized spacial score (nSPS) is 12.2. The standard InChI is InChI=1S/C19H24N2O3/c1-14(2)12-24-13-18(22)11-21-19(23)17-8-16(9-20-10-17)15-6-4-3-5-7-15/h3-10,14,18,22H,11-13H2,1-2H3,(H,21,23). The molecule has 0 aliphatic heterocycles. The molecule has 1 atom stereocenters. The van der Waals surface area contributed by atoms with Crippen LogP contribution in [0, 0.1) is 5.92 Å². The Balaban J connectivity index is 1.89. The minimum absolute atomic E-state index is 0.145. The van der Waals surface area contributed by atoms with Crippen LogP contribution in [0.2, 0.25) is 0 Å². The molecule has 0 fully saturated rings. The summed E-state index contributed by atoms with van der Waals surface area (Å²) in [7, 11) is 0. The van der Waals surface area contributed by atoms with Gasteiger partial charge < -0.3 is 15.2 Å². The number of ether oxygens (including phenoxy) is 1. The van der Waals surface area contributed by atoms with E-state index in [1.165, 1.54) is 6.20 Å². The van der Waals surface area contributed by atoms with Crippen molar-refractivity contribution in [3.05, 3.63) is 54.4 Å². The summed E-state index contributed by atoms with van der Waals surface area (Å²) in [6.45, 7) is 5.03. The lowest BCUT2D eigenvalue weighted by molar-refractivity contribution is 0.0259. The van der Waals surface area contributed by atoms with Crippen molar-refractivity contribution < 1.29 is 14.6 Å². The van der Waals surface area contributed by atoms with Crippen molar-refractivity contribution in [3.8, 4) is 11.1 Å². The molecule has 1 aromatic carbocycles. The van der Waals surface area contributed by atoms with Gasteiger partial charge in [-0.1, -0.05) is 44.2 Å². The van der Waals surface area contributed by atoms with Crippen molar-refractivity contribution >= 4 is 5.91 Å². The molecule has 0 spiro atoms.